The summed E-state index contributed by atoms with van der Waals surface area (Å²) in [7, 11) is 0. The predicted octanol–water partition coefficient (Wildman–Crippen LogP) is 5.51. The third-order valence-corrected chi connectivity index (χ3v) is 4.08. The number of aryl methyl sites for hydroxylation is 1. The Hall–Kier alpha value is -2.53. The van der Waals surface area contributed by atoms with E-state index in [2.05, 4.69) is 20.9 Å². The lowest BCUT2D eigenvalue weighted by Gasteiger charge is -2.08. The number of rotatable bonds is 5. The maximum Gasteiger partial charge on any atom is 0.167 e. The Morgan fingerprint density at radius 3 is 2.72 bits per heavy atom. The zero-order valence-electron chi connectivity index (χ0n) is 13.5. The fourth-order valence-corrected chi connectivity index (χ4v) is 2.78. The smallest absolute Gasteiger partial charge is 0.167 e. The van der Waals surface area contributed by atoms with E-state index in [0.29, 0.717) is 27.2 Å². The van der Waals surface area contributed by atoms with Crippen molar-refractivity contribution >= 4 is 21.7 Å². The molecule has 0 amide bonds. The van der Waals surface area contributed by atoms with Gasteiger partial charge in [0.2, 0.25) is 0 Å². The van der Waals surface area contributed by atoms with Gasteiger partial charge in [-0.15, -0.1) is 0 Å². The summed E-state index contributed by atoms with van der Waals surface area (Å²) >= 11 is 3.28. The Labute approximate surface area is 153 Å². The second-order valence-corrected chi connectivity index (χ2v) is 6.45. The van der Waals surface area contributed by atoms with E-state index in [1.54, 1.807) is 54.7 Å². The van der Waals surface area contributed by atoms with Gasteiger partial charge in [0.05, 0.1) is 0 Å². The topological polar surface area (TPSA) is 39.2 Å². The third-order valence-electron chi connectivity index (χ3n) is 3.64. The van der Waals surface area contributed by atoms with Crippen LogP contribution in [0.4, 0.5) is 4.39 Å². The number of ketones is 1. The first kappa shape index (κ1) is 17.3. The van der Waals surface area contributed by atoms with Gasteiger partial charge >= 0.3 is 0 Å². The van der Waals surface area contributed by atoms with E-state index in [0.717, 1.165) is 5.56 Å². The van der Waals surface area contributed by atoms with Crippen molar-refractivity contribution in [1.82, 2.24) is 4.98 Å². The molecule has 0 aliphatic rings. The molecule has 1 heterocycles. The van der Waals surface area contributed by atoms with Crippen LogP contribution < -0.4 is 4.74 Å². The zero-order valence-corrected chi connectivity index (χ0v) is 15.1. The Bertz CT molecular complexity index is 927. The van der Waals surface area contributed by atoms with Gasteiger partial charge in [-0.05, 0) is 52.7 Å². The van der Waals surface area contributed by atoms with Gasteiger partial charge in [0, 0.05) is 24.2 Å². The first-order valence-corrected chi connectivity index (χ1v) is 8.48. The van der Waals surface area contributed by atoms with E-state index in [1.165, 1.54) is 6.07 Å². The average molecular weight is 400 g/mol. The molecule has 0 radical (unpaired) electrons. The highest BCUT2D eigenvalue weighted by molar-refractivity contribution is 9.10. The number of nitrogens with zero attached hydrogens (tertiary/aromatic N) is 1. The van der Waals surface area contributed by atoms with Gasteiger partial charge in [0.25, 0.3) is 0 Å². The van der Waals surface area contributed by atoms with Gasteiger partial charge < -0.3 is 4.74 Å². The molecule has 0 aliphatic carbocycles. The molecular formula is C20H15BrFNO2. The van der Waals surface area contributed by atoms with Crippen molar-refractivity contribution in [3.8, 4) is 11.5 Å². The maximum absolute atomic E-state index is 13.9. The first-order valence-electron chi connectivity index (χ1n) is 7.69. The average Bonchev–Trinajstić information content (AvgIpc) is 2.58. The van der Waals surface area contributed by atoms with Crippen LogP contribution in [0.2, 0.25) is 0 Å². The molecule has 0 saturated heterocycles. The fraction of sp³-hybridized carbons (Fsp3) is 0.100. The molecular weight excluding hydrogens is 385 g/mol. The number of carbonyl (C=O) groups is 1. The van der Waals surface area contributed by atoms with Gasteiger partial charge in [0.1, 0.15) is 21.9 Å². The largest absolute Gasteiger partial charge is 0.457 e. The number of halogens is 2. The predicted molar refractivity (Wildman–Crippen MR) is 97.6 cm³/mol. The summed E-state index contributed by atoms with van der Waals surface area (Å²) in [6, 6.07) is 15.1. The van der Waals surface area contributed by atoms with Crippen LogP contribution in [0.15, 0.2) is 65.4 Å². The van der Waals surface area contributed by atoms with E-state index < -0.39 is 0 Å². The number of hydrogen-bond donors (Lipinski definition) is 0. The van der Waals surface area contributed by atoms with E-state index in [-0.39, 0.29) is 18.0 Å². The molecule has 25 heavy (non-hydrogen) atoms. The standard InChI is InChI=1S/C20H15BrFNO2/c1-13-5-6-18(22)15(9-13)11-19(24)14-3-2-4-16(10-14)25-17-7-8-23-20(21)12-17/h2-10,12H,11H2,1H3. The second-order valence-electron chi connectivity index (χ2n) is 5.64. The molecule has 126 valence electrons. The molecule has 1 aromatic heterocycles. The highest BCUT2D eigenvalue weighted by Gasteiger charge is 2.12. The summed E-state index contributed by atoms with van der Waals surface area (Å²) in [6.45, 7) is 1.87. The SMILES string of the molecule is Cc1ccc(F)c(CC(=O)c2cccc(Oc3ccnc(Br)c3)c2)c1. The second kappa shape index (κ2) is 7.57. The molecule has 0 aliphatic heterocycles. The van der Waals surface area contributed by atoms with Gasteiger partial charge in [-0.3, -0.25) is 4.79 Å². The summed E-state index contributed by atoms with van der Waals surface area (Å²) in [6.07, 6.45) is 1.63. The number of aromatic nitrogens is 1. The minimum Gasteiger partial charge on any atom is -0.457 e. The van der Waals surface area contributed by atoms with Crippen molar-refractivity contribution < 1.29 is 13.9 Å². The number of benzene rings is 2. The van der Waals surface area contributed by atoms with E-state index >= 15 is 0 Å². The van der Waals surface area contributed by atoms with Crippen molar-refractivity contribution in [2.24, 2.45) is 0 Å². The quantitative estimate of drug-likeness (QED) is 0.419. The van der Waals surface area contributed by atoms with Crippen LogP contribution in [0, 0.1) is 12.7 Å². The van der Waals surface area contributed by atoms with Crippen molar-refractivity contribution in [1.29, 1.82) is 0 Å². The monoisotopic (exact) mass is 399 g/mol. The van der Waals surface area contributed by atoms with Crippen LogP contribution in [0.25, 0.3) is 0 Å². The maximum atomic E-state index is 13.9. The van der Waals surface area contributed by atoms with Crippen LogP contribution in [0.5, 0.6) is 11.5 Å². The Morgan fingerprint density at radius 2 is 1.92 bits per heavy atom. The number of Topliss-reactive ketones (excluding diaryl/α,β-unsaturated/α-hetero) is 1. The minimum absolute atomic E-state index is 0.0117. The summed E-state index contributed by atoms with van der Waals surface area (Å²) < 4.78 is 20.3. The van der Waals surface area contributed by atoms with Crippen LogP contribution in [-0.4, -0.2) is 10.8 Å². The van der Waals surface area contributed by atoms with Gasteiger partial charge in [0.15, 0.2) is 5.78 Å². The van der Waals surface area contributed by atoms with Crippen molar-refractivity contribution in [3.63, 3.8) is 0 Å². The zero-order chi connectivity index (χ0) is 17.8. The van der Waals surface area contributed by atoms with Gasteiger partial charge in [-0.2, -0.15) is 0 Å². The van der Waals surface area contributed by atoms with E-state index in [4.69, 9.17) is 4.74 Å². The molecule has 0 bridgehead atoms. The molecule has 2 aromatic carbocycles. The molecule has 0 spiro atoms. The van der Waals surface area contributed by atoms with E-state index in [9.17, 15) is 9.18 Å². The molecule has 3 nitrogen and oxygen atoms in total. The Balaban J connectivity index is 1.78. The van der Waals surface area contributed by atoms with E-state index in [1.807, 2.05) is 6.92 Å². The number of pyridine rings is 1. The Kier molecular flexibility index (Phi) is 5.24. The normalized spacial score (nSPS) is 10.5. The molecule has 3 aromatic rings. The minimum atomic E-state index is -0.368. The van der Waals surface area contributed by atoms with Crippen LogP contribution in [-0.2, 0) is 6.42 Å². The Morgan fingerprint density at radius 1 is 1.12 bits per heavy atom. The molecule has 0 atom stereocenters. The molecule has 3 rings (SSSR count). The van der Waals surface area contributed by atoms with Crippen LogP contribution >= 0.6 is 15.9 Å². The molecule has 0 saturated carbocycles. The first-order chi connectivity index (χ1) is 12.0. The van der Waals surface area contributed by atoms with Gasteiger partial charge in [-0.25, -0.2) is 9.37 Å². The fourth-order valence-electron chi connectivity index (χ4n) is 2.43. The summed E-state index contributed by atoms with van der Waals surface area (Å²) in [5.74, 6) is 0.615. The van der Waals surface area contributed by atoms with Crippen LogP contribution in [0.3, 0.4) is 0 Å². The highest BCUT2D eigenvalue weighted by Crippen LogP contribution is 2.24. The number of hydrogen-bond acceptors (Lipinski definition) is 3. The lowest BCUT2D eigenvalue weighted by Crippen LogP contribution is -2.05. The number of ether oxygens (including phenoxy) is 1. The van der Waals surface area contributed by atoms with Gasteiger partial charge in [-0.1, -0.05) is 29.8 Å². The van der Waals surface area contributed by atoms with Crippen molar-refractivity contribution in [2.45, 2.75) is 13.3 Å². The summed E-state index contributed by atoms with van der Waals surface area (Å²) in [5, 5.41) is 0. The molecule has 0 fully saturated rings. The summed E-state index contributed by atoms with van der Waals surface area (Å²) in [4.78, 5) is 16.5. The third kappa shape index (κ3) is 4.51. The van der Waals surface area contributed by atoms with Crippen molar-refractivity contribution in [3.05, 3.63) is 87.9 Å². The highest BCUT2D eigenvalue weighted by atomic mass is 79.9. The molecule has 5 heteroatoms. The lowest BCUT2D eigenvalue weighted by atomic mass is 10.0. The summed E-state index contributed by atoms with van der Waals surface area (Å²) in [5.41, 5.74) is 1.80. The van der Waals surface area contributed by atoms with Crippen molar-refractivity contribution in [2.75, 3.05) is 0 Å². The lowest BCUT2D eigenvalue weighted by molar-refractivity contribution is 0.0991. The van der Waals surface area contributed by atoms with Crippen LogP contribution in [0.1, 0.15) is 21.5 Å². The number of carbonyl (C=O) groups excluding carboxylic acids is 1. The molecule has 0 unspecified atom stereocenters. The molecule has 0 N–H and O–H groups in total.